The Bertz CT molecular complexity index is 1490. The van der Waals surface area contributed by atoms with Crippen molar-refractivity contribution in [2.24, 2.45) is 13.0 Å². The SMILES string of the molecule is [2H]C([2H])([2H])c1c(C([2H])([2H])C(C)C)cc(-c2c(C)ccc3oc4cc(C#N)ccc4c23)[n+](C)c1C. The molecule has 0 radical (unpaired) electrons. The molecule has 0 fully saturated rings. The van der Waals surface area contributed by atoms with Crippen LogP contribution in [0.2, 0.25) is 0 Å². The van der Waals surface area contributed by atoms with Gasteiger partial charge in [0, 0.05) is 36.2 Å². The average molecular weight is 389 g/mol. The second kappa shape index (κ2) is 7.04. The summed E-state index contributed by atoms with van der Waals surface area (Å²) in [6.07, 6.45) is -1.85. The average Bonchev–Trinajstić information content (AvgIpc) is 3.12. The van der Waals surface area contributed by atoms with E-state index >= 15 is 0 Å². The first-order valence-corrected chi connectivity index (χ1v) is 9.70. The molecule has 0 atom stereocenters. The summed E-state index contributed by atoms with van der Waals surface area (Å²) in [5.74, 6) is -0.426. The fraction of sp³-hybridized carbons (Fsp3) is 0.308. The molecule has 4 aromatic rings. The van der Waals surface area contributed by atoms with Crippen LogP contribution in [0, 0.1) is 37.9 Å². The van der Waals surface area contributed by atoms with Gasteiger partial charge in [0.1, 0.15) is 18.2 Å². The van der Waals surface area contributed by atoms with E-state index in [2.05, 4.69) is 6.07 Å². The third kappa shape index (κ3) is 3.09. The Hall–Kier alpha value is -3.12. The van der Waals surface area contributed by atoms with Crippen LogP contribution in [-0.4, -0.2) is 0 Å². The maximum Gasteiger partial charge on any atom is 0.213 e. The summed E-state index contributed by atoms with van der Waals surface area (Å²) in [5.41, 5.74) is 4.99. The van der Waals surface area contributed by atoms with E-state index in [9.17, 15) is 5.26 Å². The lowest BCUT2D eigenvalue weighted by molar-refractivity contribution is -0.667. The predicted octanol–water partition coefficient (Wildman–Crippen LogP) is 6.07. The van der Waals surface area contributed by atoms with Crippen LogP contribution in [0.3, 0.4) is 0 Å². The molecule has 3 nitrogen and oxygen atoms in total. The molecular formula is C26H27N2O+. The van der Waals surface area contributed by atoms with Gasteiger partial charge in [-0.25, -0.2) is 0 Å². The highest BCUT2D eigenvalue weighted by Crippen LogP contribution is 2.38. The lowest BCUT2D eigenvalue weighted by Crippen LogP contribution is -2.36. The molecule has 2 heterocycles. The van der Waals surface area contributed by atoms with E-state index in [4.69, 9.17) is 11.3 Å². The molecule has 29 heavy (non-hydrogen) atoms. The third-order valence-corrected chi connectivity index (χ3v) is 5.45. The molecule has 0 aliphatic heterocycles. The van der Waals surface area contributed by atoms with Crippen LogP contribution in [0.4, 0.5) is 0 Å². The summed E-state index contributed by atoms with van der Waals surface area (Å²) in [5, 5.41) is 11.0. The van der Waals surface area contributed by atoms with Crippen molar-refractivity contribution in [1.29, 1.82) is 5.26 Å². The van der Waals surface area contributed by atoms with Gasteiger partial charge in [0.25, 0.3) is 0 Å². The summed E-state index contributed by atoms with van der Waals surface area (Å²) in [4.78, 5) is 0. The smallest absolute Gasteiger partial charge is 0.213 e. The van der Waals surface area contributed by atoms with Gasteiger partial charge in [0.05, 0.1) is 17.2 Å². The molecule has 0 aliphatic rings. The lowest BCUT2D eigenvalue weighted by atomic mass is 9.92. The minimum atomic E-state index is -2.46. The number of nitriles is 1. The molecule has 0 aliphatic carbocycles. The Kier molecular flexibility index (Phi) is 3.39. The van der Waals surface area contributed by atoms with Gasteiger partial charge in [0.2, 0.25) is 5.69 Å². The maximum absolute atomic E-state index is 9.28. The summed E-state index contributed by atoms with van der Waals surface area (Å²) < 4.78 is 49.9. The molecular weight excluding hydrogens is 356 g/mol. The fourth-order valence-corrected chi connectivity index (χ4v) is 3.89. The molecule has 2 aromatic heterocycles. The first kappa shape index (κ1) is 14.0. The van der Waals surface area contributed by atoms with Crippen molar-refractivity contribution < 1.29 is 15.8 Å². The van der Waals surface area contributed by atoms with Crippen molar-refractivity contribution in [2.45, 2.75) is 40.9 Å². The number of benzene rings is 2. The van der Waals surface area contributed by atoms with Crippen LogP contribution in [-0.2, 0) is 13.4 Å². The molecule has 0 saturated heterocycles. The van der Waals surface area contributed by atoms with Gasteiger partial charge < -0.3 is 4.42 Å². The van der Waals surface area contributed by atoms with Crippen LogP contribution in [0.15, 0.2) is 40.8 Å². The van der Waals surface area contributed by atoms with E-state index < -0.39 is 19.1 Å². The monoisotopic (exact) mass is 388 g/mol. The first-order valence-electron chi connectivity index (χ1n) is 12.2. The lowest BCUT2D eigenvalue weighted by Gasteiger charge is -2.14. The van der Waals surface area contributed by atoms with Crippen LogP contribution in [0.5, 0.6) is 0 Å². The standard InChI is InChI=1S/C26H27N2O/c1-15(2)11-20-13-22(28(6)18(5)17(20)4)25-16(3)7-10-23-26(25)21-9-8-19(14-27)12-24(21)29-23/h7-10,12-13,15H,11H2,1-6H3/q+1/i4D3,11D2. The van der Waals surface area contributed by atoms with Crippen molar-refractivity contribution in [3.63, 3.8) is 0 Å². The van der Waals surface area contributed by atoms with Crippen molar-refractivity contribution in [3.05, 3.63) is 64.3 Å². The molecule has 4 rings (SSSR count). The minimum absolute atomic E-state index is 0.0537. The number of hydrogen-bond donors (Lipinski definition) is 0. The molecule has 146 valence electrons. The molecule has 2 aromatic carbocycles. The molecule has 0 bridgehead atoms. The second-order valence-electron chi connectivity index (χ2n) is 7.82. The maximum atomic E-state index is 9.28. The minimum Gasteiger partial charge on any atom is -0.456 e. The van der Waals surface area contributed by atoms with E-state index in [0.717, 1.165) is 21.9 Å². The number of furan rings is 1. The number of aryl methyl sites for hydroxylation is 1. The highest BCUT2D eigenvalue weighted by molar-refractivity contribution is 6.12. The van der Waals surface area contributed by atoms with E-state index in [-0.39, 0.29) is 11.1 Å². The van der Waals surface area contributed by atoms with Crippen molar-refractivity contribution in [3.8, 4) is 17.3 Å². The quantitative estimate of drug-likeness (QED) is 0.399. The second-order valence-corrected chi connectivity index (χ2v) is 7.82. The Morgan fingerprint density at radius 2 is 1.97 bits per heavy atom. The zero-order chi connectivity index (χ0) is 25.2. The number of pyridine rings is 1. The molecule has 0 saturated carbocycles. The topological polar surface area (TPSA) is 40.8 Å². The highest BCUT2D eigenvalue weighted by Gasteiger charge is 2.24. The van der Waals surface area contributed by atoms with Gasteiger partial charge >= 0.3 is 0 Å². The number of fused-ring (bicyclic) bond motifs is 3. The summed E-state index contributed by atoms with van der Waals surface area (Å²) in [7, 11) is 1.81. The molecule has 0 N–H and O–H groups in total. The summed E-state index contributed by atoms with van der Waals surface area (Å²) >= 11 is 0. The van der Waals surface area contributed by atoms with Gasteiger partial charge in [-0.2, -0.15) is 9.83 Å². The van der Waals surface area contributed by atoms with Gasteiger partial charge in [-0.1, -0.05) is 19.9 Å². The number of hydrogen-bond acceptors (Lipinski definition) is 2. The van der Waals surface area contributed by atoms with Gasteiger partial charge in [-0.15, -0.1) is 0 Å². The van der Waals surface area contributed by atoms with Crippen LogP contribution in [0.1, 0.15) is 48.6 Å². The number of rotatable bonds is 3. The normalized spacial score (nSPS) is 15.0. The van der Waals surface area contributed by atoms with Gasteiger partial charge in [-0.05, 0) is 61.5 Å². The zero-order valence-electron chi connectivity index (χ0n) is 22.3. The predicted molar refractivity (Wildman–Crippen MR) is 118 cm³/mol. The summed E-state index contributed by atoms with van der Waals surface area (Å²) in [6, 6.07) is 13.0. The van der Waals surface area contributed by atoms with E-state index in [1.165, 1.54) is 0 Å². The first-order chi connectivity index (χ1) is 15.8. The van der Waals surface area contributed by atoms with Gasteiger partial charge in [-0.3, -0.25) is 0 Å². The van der Waals surface area contributed by atoms with E-state index in [1.807, 2.05) is 36.7 Å². The van der Waals surface area contributed by atoms with Gasteiger partial charge in [0.15, 0.2) is 5.69 Å². The van der Waals surface area contributed by atoms with Crippen LogP contribution >= 0.6 is 0 Å². The Labute approximate surface area is 179 Å². The Morgan fingerprint density at radius 3 is 2.66 bits per heavy atom. The Morgan fingerprint density at radius 1 is 1.17 bits per heavy atom. The fourth-order valence-electron chi connectivity index (χ4n) is 3.89. The Balaban J connectivity index is 2.17. The zero-order valence-corrected chi connectivity index (χ0v) is 17.3. The number of nitrogens with zero attached hydrogens (tertiary/aromatic N) is 2. The van der Waals surface area contributed by atoms with E-state index in [0.29, 0.717) is 28.1 Å². The summed E-state index contributed by atoms with van der Waals surface area (Å²) in [6.45, 7) is 4.75. The van der Waals surface area contributed by atoms with Crippen LogP contribution in [0.25, 0.3) is 33.2 Å². The molecule has 0 amide bonds. The third-order valence-electron chi connectivity index (χ3n) is 5.45. The number of aromatic nitrogens is 1. The van der Waals surface area contributed by atoms with Crippen molar-refractivity contribution in [2.75, 3.05) is 0 Å². The molecule has 3 heteroatoms. The van der Waals surface area contributed by atoms with Crippen molar-refractivity contribution in [1.82, 2.24) is 0 Å². The van der Waals surface area contributed by atoms with E-state index in [1.54, 1.807) is 39.0 Å². The largest absolute Gasteiger partial charge is 0.456 e. The molecule has 0 spiro atoms. The van der Waals surface area contributed by atoms with Crippen molar-refractivity contribution >= 4 is 21.9 Å². The van der Waals surface area contributed by atoms with Crippen LogP contribution < -0.4 is 4.57 Å². The highest BCUT2D eigenvalue weighted by atomic mass is 16.3. The molecule has 0 unspecified atom stereocenters.